The van der Waals surface area contributed by atoms with Crippen LogP contribution >= 0.6 is 0 Å². The number of alkyl halides is 3. The van der Waals surface area contributed by atoms with Crippen LogP contribution in [0.5, 0.6) is 0 Å². The molecule has 1 aromatic rings. The fourth-order valence-electron chi connectivity index (χ4n) is 3.82. The molecule has 2 unspecified atom stereocenters. The van der Waals surface area contributed by atoms with Crippen molar-refractivity contribution in [3.05, 3.63) is 35.4 Å². The van der Waals surface area contributed by atoms with Gasteiger partial charge in [-0.3, -0.25) is 4.79 Å². The van der Waals surface area contributed by atoms with E-state index in [9.17, 15) is 18.0 Å². The average molecular weight is 326 g/mol. The second kappa shape index (κ2) is 6.51. The third-order valence-corrected chi connectivity index (χ3v) is 4.84. The van der Waals surface area contributed by atoms with E-state index in [4.69, 9.17) is 0 Å². The number of nitrogens with one attached hydrogen (secondary N) is 2. The SMILES string of the molecule is O=C(CC1CC2CCC(C1)N2)NCc1ccccc1C(F)(F)F. The standard InChI is InChI=1S/C17H21F3N2O/c18-17(19,20)15-4-2-1-3-12(15)10-21-16(23)9-11-7-13-5-6-14(8-11)22-13/h1-4,11,13-14,22H,5-10H2,(H,21,23). The largest absolute Gasteiger partial charge is 0.416 e. The number of hydrogen-bond donors (Lipinski definition) is 2. The highest BCUT2D eigenvalue weighted by molar-refractivity contribution is 5.76. The third-order valence-electron chi connectivity index (χ3n) is 4.84. The number of carbonyl (C=O) groups is 1. The van der Waals surface area contributed by atoms with E-state index in [1.807, 2.05) is 0 Å². The van der Waals surface area contributed by atoms with Crippen molar-refractivity contribution in [2.24, 2.45) is 5.92 Å². The predicted octanol–water partition coefficient (Wildman–Crippen LogP) is 3.24. The summed E-state index contributed by atoms with van der Waals surface area (Å²) < 4.78 is 38.8. The number of piperidine rings is 1. The summed E-state index contributed by atoms with van der Waals surface area (Å²) in [5.41, 5.74) is -0.570. The molecular weight excluding hydrogens is 305 g/mol. The molecule has 2 saturated heterocycles. The van der Waals surface area contributed by atoms with E-state index < -0.39 is 11.7 Å². The molecule has 1 aromatic carbocycles. The highest BCUT2D eigenvalue weighted by Crippen LogP contribution is 2.33. The molecule has 2 aliphatic heterocycles. The molecule has 6 heteroatoms. The van der Waals surface area contributed by atoms with Crippen molar-refractivity contribution in [1.29, 1.82) is 0 Å². The molecule has 126 valence electrons. The summed E-state index contributed by atoms with van der Waals surface area (Å²) in [6.45, 7) is -0.0770. The fourth-order valence-corrected chi connectivity index (χ4v) is 3.82. The first kappa shape index (κ1) is 16.3. The Balaban J connectivity index is 1.53. The first-order chi connectivity index (χ1) is 10.9. The Labute approximate surface area is 133 Å². The van der Waals surface area contributed by atoms with Crippen LogP contribution < -0.4 is 10.6 Å². The van der Waals surface area contributed by atoms with E-state index in [1.54, 1.807) is 6.07 Å². The molecule has 3 nitrogen and oxygen atoms in total. The average Bonchev–Trinajstić information content (AvgIpc) is 2.83. The van der Waals surface area contributed by atoms with E-state index >= 15 is 0 Å². The maximum absolute atomic E-state index is 12.9. The van der Waals surface area contributed by atoms with Crippen molar-refractivity contribution >= 4 is 5.91 Å². The molecule has 2 heterocycles. The Morgan fingerprint density at radius 2 is 1.83 bits per heavy atom. The maximum Gasteiger partial charge on any atom is 0.416 e. The lowest BCUT2D eigenvalue weighted by Crippen LogP contribution is -2.39. The van der Waals surface area contributed by atoms with Gasteiger partial charge < -0.3 is 10.6 Å². The van der Waals surface area contributed by atoms with Crippen LogP contribution in [0.25, 0.3) is 0 Å². The van der Waals surface area contributed by atoms with Crippen LogP contribution in [0.2, 0.25) is 0 Å². The number of halogens is 3. The Morgan fingerprint density at radius 1 is 1.17 bits per heavy atom. The van der Waals surface area contributed by atoms with Gasteiger partial charge in [-0.25, -0.2) is 0 Å². The van der Waals surface area contributed by atoms with Crippen molar-refractivity contribution in [1.82, 2.24) is 10.6 Å². The minimum atomic E-state index is -4.39. The van der Waals surface area contributed by atoms with Gasteiger partial charge in [0, 0.05) is 25.0 Å². The zero-order chi connectivity index (χ0) is 16.4. The summed E-state index contributed by atoms with van der Waals surface area (Å²) in [6, 6.07) is 6.40. The van der Waals surface area contributed by atoms with Crippen molar-refractivity contribution < 1.29 is 18.0 Å². The van der Waals surface area contributed by atoms with Gasteiger partial charge in [0.25, 0.3) is 0 Å². The minimum Gasteiger partial charge on any atom is -0.352 e. The highest BCUT2D eigenvalue weighted by atomic mass is 19.4. The number of rotatable bonds is 4. The lowest BCUT2D eigenvalue weighted by molar-refractivity contribution is -0.138. The molecule has 0 saturated carbocycles. The molecule has 0 radical (unpaired) electrons. The third kappa shape index (κ3) is 4.05. The molecule has 0 spiro atoms. The Kier molecular flexibility index (Phi) is 4.62. The summed E-state index contributed by atoms with van der Waals surface area (Å²) in [7, 11) is 0. The second-order valence-electron chi connectivity index (χ2n) is 6.61. The molecule has 0 aliphatic carbocycles. The first-order valence-electron chi connectivity index (χ1n) is 8.09. The van der Waals surface area contributed by atoms with E-state index in [-0.39, 0.29) is 18.0 Å². The van der Waals surface area contributed by atoms with Crippen molar-refractivity contribution in [2.45, 2.75) is 56.9 Å². The van der Waals surface area contributed by atoms with Crippen LogP contribution in [0.4, 0.5) is 13.2 Å². The van der Waals surface area contributed by atoms with Gasteiger partial charge >= 0.3 is 6.18 Å². The van der Waals surface area contributed by atoms with Crippen molar-refractivity contribution in [2.75, 3.05) is 0 Å². The normalized spacial score (nSPS) is 27.0. The van der Waals surface area contributed by atoms with Gasteiger partial charge in [-0.2, -0.15) is 13.2 Å². The number of amides is 1. The quantitative estimate of drug-likeness (QED) is 0.892. The van der Waals surface area contributed by atoms with Crippen molar-refractivity contribution in [3.63, 3.8) is 0 Å². The molecule has 2 atom stereocenters. The molecular formula is C17H21F3N2O. The second-order valence-corrected chi connectivity index (χ2v) is 6.61. The smallest absolute Gasteiger partial charge is 0.352 e. The topological polar surface area (TPSA) is 41.1 Å². The molecule has 3 rings (SSSR count). The van der Waals surface area contributed by atoms with Gasteiger partial charge in [0.2, 0.25) is 5.91 Å². The van der Waals surface area contributed by atoms with Gasteiger partial charge in [-0.1, -0.05) is 18.2 Å². The maximum atomic E-state index is 12.9. The predicted molar refractivity (Wildman–Crippen MR) is 80.6 cm³/mol. The zero-order valence-electron chi connectivity index (χ0n) is 12.8. The van der Waals surface area contributed by atoms with E-state index in [1.165, 1.54) is 25.0 Å². The summed E-state index contributed by atoms with van der Waals surface area (Å²) in [4.78, 5) is 12.1. The monoisotopic (exact) mass is 326 g/mol. The molecule has 2 fully saturated rings. The molecule has 1 amide bonds. The lowest BCUT2D eigenvalue weighted by Gasteiger charge is -2.28. The Morgan fingerprint density at radius 3 is 2.48 bits per heavy atom. The fraction of sp³-hybridized carbons (Fsp3) is 0.588. The highest BCUT2D eigenvalue weighted by Gasteiger charge is 2.35. The minimum absolute atomic E-state index is 0.0770. The number of carbonyl (C=O) groups excluding carboxylic acids is 1. The van der Waals surface area contributed by atoms with Crippen LogP contribution in [0.3, 0.4) is 0 Å². The molecule has 2 bridgehead atoms. The number of fused-ring (bicyclic) bond motifs is 2. The van der Waals surface area contributed by atoms with E-state index in [0.717, 1.165) is 18.9 Å². The van der Waals surface area contributed by atoms with Gasteiger partial charge in [0.15, 0.2) is 0 Å². The lowest BCUT2D eigenvalue weighted by atomic mass is 9.89. The van der Waals surface area contributed by atoms with Crippen LogP contribution in [-0.4, -0.2) is 18.0 Å². The van der Waals surface area contributed by atoms with Crippen LogP contribution in [0.15, 0.2) is 24.3 Å². The van der Waals surface area contributed by atoms with Crippen LogP contribution in [0.1, 0.15) is 43.2 Å². The number of benzene rings is 1. The van der Waals surface area contributed by atoms with Gasteiger partial charge in [0.05, 0.1) is 5.56 Å². The summed E-state index contributed by atoms with van der Waals surface area (Å²) in [6.07, 6.45) is 0.327. The first-order valence-corrected chi connectivity index (χ1v) is 8.09. The van der Waals surface area contributed by atoms with Gasteiger partial charge in [0.1, 0.15) is 0 Å². The molecule has 2 N–H and O–H groups in total. The Bertz CT molecular complexity index is 561. The van der Waals surface area contributed by atoms with E-state index in [2.05, 4.69) is 10.6 Å². The zero-order valence-corrected chi connectivity index (χ0v) is 12.8. The van der Waals surface area contributed by atoms with Crippen LogP contribution in [0, 0.1) is 5.92 Å². The Hall–Kier alpha value is -1.56. The van der Waals surface area contributed by atoms with Crippen molar-refractivity contribution in [3.8, 4) is 0 Å². The summed E-state index contributed by atoms with van der Waals surface area (Å²) in [5, 5.41) is 6.17. The number of hydrogen-bond acceptors (Lipinski definition) is 2. The van der Waals surface area contributed by atoms with Gasteiger partial charge in [-0.15, -0.1) is 0 Å². The summed E-state index contributed by atoms with van der Waals surface area (Å²) in [5.74, 6) is 0.180. The van der Waals surface area contributed by atoms with Gasteiger partial charge in [-0.05, 0) is 43.2 Å². The molecule has 0 aromatic heterocycles. The van der Waals surface area contributed by atoms with E-state index in [0.29, 0.717) is 24.4 Å². The molecule has 23 heavy (non-hydrogen) atoms. The van der Waals surface area contributed by atoms with Crippen LogP contribution in [-0.2, 0) is 17.5 Å². The molecule has 2 aliphatic rings. The summed E-state index contributed by atoms with van der Waals surface area (Å²) >= 11 is 0.